The molecule has 1 aliphatic rings. The van der Waals surface area contributed by atoms with Gasteiger partial charge < -0.3 is 4.52 Å². The van der Waals surface area contributed by atoms with Gasteiger partial charge in [-0.15, -0.1) is 11.3 Å². The fourth-order valence-electron chi connectivity index (χ4n) is 2.88. The first kappa shape index (κ1) is 14.1. The summed E-state index contributed by atoms with van der Waals surface area (Å²) in [6, 6.07) is 6.51. The number of hydrogen-bond donors (Lipinski definition) is 1. The topological polar surface area (TPSA) is 68.0 Å². The molecule has 116 valence electrons. The molecule has 6 heteroatoms. The summed E-state index contributed by atoms with van der Waals surface area (Å²) in [4.78, 5) is 16.7. The number of nitrogens with one attached hydrogen (secondary N) is 1. The van der Waals surface area contributed by atoms with Crippen molar-refractivity contribution in [3.63, 3.8) is 0 Å². The summed E-state index contributed by atoms with van der Waals surface area (Å²) in [7, 11) is 0. The van der Waals surface area contributed by atoms with Gasteiger partial charge in [-0.1, -0.05) is 17.3 Å². The highest BCUT2D eigenvalue weighted by Gasteiger charge is 2.16. The number of carbonyl (C=O) groups is 1. The van der Waals surface area contributed by atoms with Crippen molar-refractivity contribution in [2.24, 2.45) is 0 Å². The number of carbonyl (C=O) groups excluding carboxylic acids is 1. The van der Waals surface area contributed by atoms with Gasteiger partial charge in [-0.05, 0) is 43.4 Å². The fourth-order valence-corrected chi connectivity index (χ4v) is 3.59. The van der Waals surface area contributed by atoms with Crippen LogP contribution in [0.1, 0.15) is 33.7 Å². The van der Waals surface area contributed by atoms with E-state index in [0.717, 1.165) is 17.7 Å². The molecule has 0 radical (unpaired) electrons. The van der Waals surface area contributed by atoms with Crippen molar-refractivity contribution in [3.05, 3.63) is 52.2 Å². The summed E-state index contributed by atoms with van der Waals surface area (Å²) in [5.41, 5.74) is 5.28. The van der Waals surface area contributed by atoms with Crippen LogP contribution in [-0.4, -0.2) is 16.0 Å². The van der Waals surface area contributed by atoms with Crippen molar-refractivity contribution in [2.75, 3.05) is 5.32 Å². The zero-order valence-electron chi connectivity index (χ0n) is 12.6. The van der Waals surface area contributed by atoms with E-state index in [1.165, 1.54) is 41.5 Å². The first-order valence-electron chi connectivity index (χ1n) is 7.51. The number of nitrogens with zero attached hydrogens (tertiary/aromatic N) is 2. The van der Waals surface area contributed by atoms with Gasteiger partial charge >= 0.3 is 0 Å². The van der Waals surface area contributed by atoms with Crippen LogP contribution < -0.4 is 5.32 Å². The number of amides is 1. The van der Waals surface area contributed by atoms with Crippen molar-refractivity contribution in [1.29, 1.82) is 0 Å². The van der Waals surface area contributed by atoms with Gasteiger partial charge in [-0.25, -0.2) is 4.98 Å². The van der Waals surface area contributed by atoms with Gasteiger partial charge in [0.15, 0.2) is 5.13 Å². The molecule has 0 saturated carbocycles. The predicted molar refractivity (Wildman–Crippen MR) is 88.8 cm³/mol. The molecule has 0 saturated heterocycles. The van der Waals surface area contributed by atoms with Crippen LogP contribution in [-0.2, 0) is 12.8 Å². The highest BCUT2D eigenvalue weighted by molar-refractivity contribution is 7.14. The molecule has 0 spiro atoms. The number of thiazole rings is 1. The molecule has 0 fully saturated rings. The maximum Gasteiger partial charge on any atom is 0.262 e. The number of anilines is 1. The first-order valence-corrected chi connectivity index (χ1v) is 8.39. The van der Waals surface area contributed by atoms with Gasteiger partial charge in [0, 0.05) is 10.9 Å². The van der Waals surface area contributed by atoms with Gasteiger partial charge in [0.1, 0.15) is 11.3 Å². The maximum atomic E-state index is 12.2. The summed E-state index contributed by atoms with van der Waals surface area (Å²) in [5.74, 6) is 0.247. The summed E-state index contributed by atoms with van der Waals surface area (Å²) >= 11 is 1.42. The van der Waals surface area contributed by atoms with E-state index in [0.29, 0.717) is 16.5 Å². The molecule has 0 aliphatic heterocycles. The minimum atomic E-state index is -0.251. The second-order valence-electron chi connectivity index (χ2n) is 5.62. The fraction of sp³-hybridized carbons (Fsp3) is 0.235. The molecule has 0 bridgehead atoms. The number of benzene rings is 1. The Morgan fingerprint density at radius 2 is 2.17 bits per heavy atom. The normalized spacial score (nSPS) is 13.1. The Kier molecular flexibility index (Phi) is 3.46. The predicted octanol–water partition coefficient (Wildman–Crippen LogP) is 3.85. The summed E-state index contributed by atoms with van der Waals surface area (Å²) in [6.45, 7) is 1.71. The standard InChI is InChI=1S/C17H15N3O2S/c1-10-14(8-18-22-10)16(21)20-17-19-15(9-23-17)13-6-5-11-3-2-4-12(11)7-13/h5-9H,2-4H2,1H3,(H,19,20,21). The molecule has 1 aromatic carbocycles. The molecule has 1 N–H and O–H groups in total. The summed E-state index contributed by atoms with van der Waals surface area (Å²) in [5, 5.41) is 8.95. The quantitative estimate of drug-likeness (QED) is 0.794. The molecular weight excluding hydrogens is 310 g/mol. The first-order chi connectivity index (χ1) is 11.2. The molecule has 1 aliphatic carbocycles. The maximum absolute atomic E-state index is 12.2. The number of hydrogen-bond acceptors (Lipinski definition) is 5. The highest BCUT2D eigenvalue weighted by atomic mass is 32.1. The van der Waals surface area contributed by atoms with Crippen molar-refractivity contribution in [2.45, 2.75) is 26.2 Å². The van der Waals surface area contributed by atoms with Crippen LogP contribution in [0.4, 0.5) is 5.13 Å². The van der Waals surface area contributed by atoms with Crippen LogP contribution in [0.25, 0.3) is 11.3 Å². The molecule has 3 aromatic rings. The second kappa shape index (κ2) is 5.62. The van der Waals surface area contributed by atoms with E-state index in [1.54, 1.807) is 6.92 Å². The Morgan fingerprint density at radius 1 is 1.30 bits per heavy atom. The van der Waals surface area contributed by atoms with Crippen molar-refractivity contribution < 1.29 is 9.32 Å². The molecular formula is C17H15N3O2S. The van der Waals surface area contributed by atoms with Crippen molar-refractivity contribution >= 4 is 22.4 Å². The smallest absolute Gasteiger partial charge is 0.262 e. The molecule has 4 rings (SSSR count). The van der Waals surface area contributed by atoms with Gasteiger partial charge in [0.25, 0.3) is 5.91 Å². The average molecular weight is 325 g/mol. The molecule has 0 atom stereocenters. The van der Waals surface area contributed by atoms with E-state index in [1.807, 2.05) is 5.38 Å². The molecule has 1 amide bonds. The van der Waals surface area contributed by atoms with E-state index in [2.05, 4.69) is 33.7 Å². The van der Waals surface area contributed by atoms with E-state index in [4.69, 9.17) is 4.52 Å². The Bertz CT molecular complexity index is 882. The lowest BCUT2D eigenvalue weighted by atomic mass is 10.1. The Labute approximate surface area is 137 Å². The minimum Gasteiger partial charge on any atom is -0.361 e. The minimum absolute atomic E-state index is 0.251. The van der Waals surface area contributed by atoms with Crippen LogP contribution in [0.5, 0.6) is 0 Å². The van der Waals surface area contributed by atoms with E-state index < -0.39 is 0 Å². The van der Waals surface area contributed by atoms with Gasteiger partial charge in [-0.2, -0.15) is 0 Å². The van der Waals surface area contributed by atoms with Crippen molar-refractivity contribution in [3.8, 4) is 11.3 Å². The van der Waals surface area contributed by atoms with Gasteiger partial charge in [-0.3, -0.25) is 10.1 Å². The van der Waals surface area contributed by atoms with Gasteiger partial charge in [0.2, 0.25) is 0 Å². The molecule has 5 nitrogen and oxygen atoms in total. The zero-order valence-corrected chi connectivity index (χ0v) is 13.4. The molecule has 23 heavy (non-hydrogen) atoms. The lowest BCUT2D eigenvalue weighted by Crippen LogP contribution is -2.11. The Balaban J connectivity index is 1.55. The lowest BCUT2D eigenvalue weighted by molar-refractivity contribution is 0.102. The average Bonchev–Trinajstić information content (AvgIpc) is 3.26. The summed E-state index contributed by atoms with van der Waals surface area (Å²) < 4.78 is 4.91. The molecule has 0 unspecified atom stereocenters. The van der Waals surface area contributed by atoms with E-state index >= 15 is 0 Å². The third-order valence-corrected chi connectivity index (χ3v) is 4.87. The van der Waals surface area contributed by atoms with Crippen LogP contribution in [0, 0.1) is 6.92 Å². The van der Waals surface area contributed by atoms with Crippen LogP contribution >= 0.6 is 11.3 Å². The van der Waals surface area contributed by atoms with Crippen molar-refractivity contribution in [1.82, 2.24) is 10.1 Å². The van der Waals surface area contributed by atoms with E-state index in [-0.39, 0.29) is 5.91 Å². The third kappa shape index (κ3) is 2.66. The summed E-state index contributed by atoms with van der Waals surface area (Å²) in [6.07, 6.45) is 4.96. The third-order valence-electron chi connectivity index (χ3n) is 4.11. The number of rotatable bonds is 3. The van der Waals surface area contributed by atoms with E-state index in [9.17, 15) is 4.79 Å². The van der Waals surface area contributed by atoms with Gasteiger partial charge in [0.05, 0.1) is 11.9 Å². The van der Waals surface area contributed by atoms with Crippen LogP contribution in [0.3, 0.4) is 0 Å². The second-order valence-corrected chi connectivity index (χ2v) is 6.48. The number of aromatic nitrogens is 2. The molecule has 2 heterocycles. The monoisotopic (exact) mass is 325 g/mol. The number of fused-ring (bicyclic) bond motifs is 1. The molecule has 2 aromatic heterocycles. The number of aryl methyl sites for hydroxylation is 3. The Morgan fingerprint density at radius 3 is 3.00 bits per heavy atom. The van der Waals surface area contributed by atoms with Crippen LogP contribution in [0.2, 0.25) is 0 Å². The largest absolute Gasteiger partial charge is 0.361 e. The van der Waals surface area contributed by atoms with Crippen LogP contribution in [0.15, 0.2) is 34.3 Å². The zero-order chi connectivity index (χ0) is 15.8. The lowest BCUT2D eigenvalue weighted by Gasteiger charge is -2.02. The SMILES string of the molecule is Cc1oncc1C(=O)Nc1nc(-c2ccc3c(c2)CCC3)cs1. The highest BCUT2D eigenvalue weighted by Crippen LogP contribution is 2.30. The Hall–Kier alpha value is -2.47.